The van der Waals surface area contributed by atoms with E-state index in [2.05, 4.69) is 10.3 Å². The topological polar surface area (TPSA) is 62.3 Å². The van der Waals surface area contributed by atoms with Crippen LogP contribution >= 0.6 is 0 Å². The Hall–Kier alpha value is -2.76. The summed E-state index contributed by atoms with van der Waals surface area (Å²) in [6.07, 6.45) is 6.99. The van der Waals surface area contributed by atoms with Gasteiger partial charge in [0.25, 0.3) is 0 Å². The molecule has 3 rings (SSSR count). The first-order valence-electron chi connectivity index (χ1n) is 9.33. The molecule has 5 nitrogen and oxygen atoms in total. The molecule has 0 saturated carbocycles. The number of likely N-dealkylation sites (tertiary alicyclic amines) is 1. The molecule has 1 N–H and O–H groups in total. The fourth-order valence-electron chi connectivity index (χ4n) is 3.35. The number of halogens is 1. The standard InChI is InChI=1S/C21H24FN3O2/c22-18-8-6-17(7-9-18)19(13-16-5-4-10-23-14-16)21(27)24-15-20(26)25-11-2-1-3-12-25/h4-10,14,19H,1-3,11-13,15H2,(H,24,27). The van der Waals surface area contributed by atoms with Crippen molar-refractivity contribution in [2.24, 2.45) is 0 Å². The summed E-state index contributed by atoms with van der Waals surface area (Å²) in [4.78, 5) is 31.0. The molecule has 1 unspecified atom stereocenters. The second-order valence-corrected chi connectivity index (χ2v) is 6.83. The molecule has 27 heavy (non-hydrogen) atoms. The van der Waals surface area contributed by atoms with Gasteiger partial charge in [-0.05, 0) is 55.0 Å². The highest BCUT2D eigenvalue weighted by Gasteiger charge is 2.23. The summed E-state index contributed by atoms with van der Waals surface area (Å²) in [5.41, 5.74) is 1.62. The number of nitrogens with one attached hydrogen (secondary N) is 1. The molecule has 1 aliphatic rings. The van der Waals surface area contributed by atoms with Crippen molar-refractivity contribution in [1.29, 1.82) is 0 Å². The van der Waals surface area contributed by atoms with E-state index < -0.39 is 5.92 Å². The van der Waals surface area contributed by atoms with Gasteiger partial charge in [0.05, 0.1) is 12.5 Å². The van der Waals surface area contributed by atoms with Crippen molar-refractivity contribution in [2.75, 3.05) is 19.6 Å². The van der Waals surface area contributed by atoms with E-state index in [9.17, 15) is 14.0 Å². The van der Waals surface area contributed by atoms with Crippen LogP contribution in [0.1, 0.15) is 36.3 Å². The Labute approximate surface area is 158 Å². The van der Waals surface area contributed by atoms with E-state index in [4.69, 9.17) is 0 Å². The predicted octanol–water partition coefficient (Wildman–Crippen LogP) is 2.68. The number of pyridine rings is 1. The van der Waals surface area contributed by atoms with E-state index in [0.717, 1.165) is 37.9 Å². The minimum Gasteiger partial charge on any atom is -0.346 e. The molecular weight excluding hydrogens is 345 g/mol. The molecule has 2 heterocycles. The van der Waals surface area contributed by atoms with Crippen molar-refractivity contribution in [1.82, 2.24) is 15.2 Å². The lowest BCUT2D eigenvalue weighted by Gasteiger charge is -2.27. The zero-order valence-electron chi connectivity index (χ0n) is 15.2. The van der Waals surface area contributed by atoms with E-state index in [1.165, 1.54) is 12.1 Å². The lowest BCUT2D eigenvalue weighted by molar-refractivity contribution is -0.133. The van der Waals surface area contributed by atoms with E-state index in [-0.39, 0.29) is 24.2 Å². The largest absolute Gasteiger partial charge is 0.346 e. The number of hydrogen-bond acceptors (Lipinski definition) is 3. The molecule has 142 valence electrons. The zero-order valence-corrected chi connectivity index (χ0v) is 15.2. The molecule has 1 aromatic carbocycles. The maximum atomic E-state index is 13.3. The molecule has 1 aliphatic heterocycles. The first-order chi connectivity index (χ1) is 13.1. The van der Waals surface area contributed by atoms with E-state index >= 15 is 0 Å². The molecule has 1 atom stereocenters. The third-order valence-electron chi connectivity index (χ3n) is 4.87. The fourth-order valence-corrected chi connectivity index (χ4v) is 3.35. The second kappa shape index (κ2) is 9.26. The maximum absolute atomic E-state index is 13.3. The molecule has 6 heteroatoms. The van der Waals surface area contributed by atoms with Gasteiger partial charge < -0.3 is 10.2 Å². The number of carbonyl (C=O) groups excluding carboxylic acids is 2. The number of aromatic nitrogens is 1. The predicted molar refractivity (Wildman–Crippen MR) is 101 cm³/mol. The van der Waals surface area contributed by atoms with Gasteiger partial charge in [0.2, 0.25) is 11.8 Å². The Morgan fingerprint density at radius 2 is 1.85 bits per heavy atom. The van der Waals surface area contributed by atoms with Gasteiger partial charge in [-0.1, -0.05) is 18.2 Å². The highest BCUT2D eigenvalue weighted by atomic mass is 19.1. The Kier molecular flexibility index (Phi) is 6.52. The van der Waals surface area contributed by atoms with Crippen molar-refractivity contribution in [3.63, 3.8) is 0 Å². The fraction of sp³-hybridized carbons (Fsp3) is 0.381. The number of carbonyl (C=O) groups is 2. The van der Waals surface area contributed by atoms with Crippen LogP contribution in [0.25, 0.3) is 0 Å². The quantitative estimate of drug-likeness (QED) is 0.852. The molecule has 0 bridgehead atoms. The van der Waals surface area contributed by atoms with Crippen LogP contribution in [0.3, 0.4) is 0 Å². The number of rotatable bonds is 6. The van der Waals surface area contributed by atoms with Crippen LogP contribution in [0.2, 0.25) is 0 Å². The minimum atomic E-state index is -0.510. The highest BCUT2D eigenvalue weighted by molar-refractivity contribution is 5.88. The Bertz CT molecular complexity index is 759. The monoisotopic (exact) mass is 369 g/mol. The van der Waals surface area contributed by atoms with Gasteiger partial charge in [0.1, 0.15) is 5.82 Å². The average molecular weight is 369 g/mol. The van der Waals surface area contributed by atoms with Gasteiger partial charge in [-0.25, -0.2) is 4.39 Å². The summed E-state index contributed by atoms with van der Waals surface area (Å²) in [7, 11) is 0. The van der Waals surface area contributed by atoms with Crippen LogP contribution in [0, 0.1) is 5.82 Å². The minimum absolute atomic E-state index is 0.0103. The van der Waals surface area contributed by atoms with Gasteiger partial charge in [0, 0.05) is 25.5 Å². The van der Waals surface area contributed by atoms with Gasteiger partial charge >= 0.3 is 0 Å². The van der Waals surface area contributed by atoms with Crippen molar-refractivity contribution < 1.29 is 14.0 Å². The molecular formula is C21H24FN3O2. The SMILES string of the molecule is O=C(NCC(=O)N1CCCCC1)C(Cc1cccnc1)c1ccc(F)cc1. The number of piperidine rings is 1. The first-order valence-corrected chi connectivity index (χ1v) is 9.33. The zero-order chi connectivity index (χ0) is 19.1. The Morgan fingerprint density at radius 1 is 1.11 bits per heavy atom. The summed E-state index contributed by atoms with van der Waals surface area (Å²) in [5.74, 6) is -1.15. The molecule has 0 radical (unpaired) electrons. The molecule has 1 fully saturated rings. The normalized spacial score (nSPS) is 15.2. The van der Waals surface area contributed by atoms with Crippen LogP contribution in [0.4, 0.5) is 4.39 Å². The van der Waals surface area contributed by atoms with E-state index in [0.29, 0.717) is 12.0 Å². The lowest BCUT2D eigenvalue weighted by atomic mass is 9.91. The van der Waals surface area contributed by atoms with Gasteiger partial charge in [-0.3, -0.25) is 14.6 Å². The van der Waals surface area contributed by atoms with Crippen molar-refractivity contribution >= 4 is 11.8 Å². The summed E-state index contributed by atoms with van der Waals surface area (Å²) >= 11 is 0. The Balaban J connectivity index is 1.68. The average Bonchev–Trinajstić information content (AvgIpc) is 2.72. The van der Waals surface area contributed by atoms with Crippen molar-refractivity contribution in [3.05, 3.63) is 65.7 Å². The van der Waals surface area contributed by atoms with Crippen LogP contribution in [-0.4, -0.2) is 41.3 Å². The summed E-state index contributed by atoms with van der Waals surface area (Å²) in [6, 6.07) is 9.63. The first kappa shape index (κ1) is 19.0. The van der Waals surface area contributed by atoms with Crippen LogP contribution < -0.4 is 5.32 Å². The number of amides is 2. The van der Waals surface area contributed by atoms with Crippen LogP contribution in [0.15, 0.2) is 48.8 Å². The molecule has 1 aromatic heterocycles. The van der Waals surface area contributed by atoms with E-state index in [1.807, 2.05) is 12.1 Å². The summed E-state index contributed by atoms with van der Waals surface area (Å²) < 4.78 is 13.3. The molecule has 0 spiro atoms. The molecule has 0 aliphatic carbocycles. The van der Waals surface area contributed by atoms with Gasteiger partial charge in [-0.15, -0.1) is 0 Å². The molecule has 1 saturated heterocycles. The Morgan fingerprint density at radius 3 is 2.52 bits per heavy atom. The van der Waals surface area contributed by atoms with Crippen molar-refractivity contribution in [3.8, 4) is 0 Å². The number of nitrogens with zero attached hydrogens (tertiary/aromatic N) is 2. The third kappa shape index (κ3) is 5.36. The van der Waals surface area contributed by atoms with Gasteiger partial charge in [-0.2, -0.15) is 0 Å². The summed E-state index contributed by atoms with van der Waals surface area (Å²) in [6.45, 7) is 1.50. The maximum Gasteiger partial charge on any atom is 0.241 e. The van der Waals surface area contributed by atoms with Crippen LogP contribution in [-0.2, 0) is 16.0 Å². The third-order valence-corrected chi connectivity index (χ3v) is 4.87. The van der Waals surface area contributed by atoms with E-state index in [1.54, 1.807) is 29.4 Å². The van der Waals surface area contributed by atoms with Gasteiger partial charge in [0.15, 0.2) is 0 Å². The smallest absolute Gasteiger partial charge is 0.241 e. The number of hydrogen-bond donors (Lipinski definition) is 1. The van der Waals surface area contributed by atoms with Crippen LogP contribution in [0.5, 0.6) is 0 Å². The number of benzene rings is 1. The van der Waals surface area contributed by atoms with Crippen molar-refractivity contribution in [2.45, 2.75) is 31.6 Å². The lowest BCUT2D eigenvalue weighted by Crippen LogP contribution is -2.43. The molecule has 2 aromatic rings. The second-order valence-electron chi connectivity index (χ2n) is 6.83. The molecule has 2 amide bonds. The summed E-state index contributed by atoms with van der Waals surface area (Å²) in [5, 5.41) is 2.77. The highest BCUT2D eigenvalue weighted by Crippen LogP contribution is 2.21.